The molecule has 0 saturated carbocycles. The van der Waals surface area contributed by atoms with Gasteiger partial charge in [0.05, 0.1) is 20.6 Å². The van der Waals surface area contributed by atoms with Crippen LogP contribution in [0.25, 0.3) is 11.4 Å². The number of nitrogens with zero attached hydrogens (tertiary/aromatic N) is 5. The number of nitrogens with one attached hydrogen (secondary N) is 1. The SMILES string of the molecule is COC(=O)C[C@H]1C(=O)N(CC(=O)OC(C)(C)C)CCN1C(=O)[C@H](Cc1ccc(OC)cc1)NC(=O)c1ccc(-c2noc(C#N)n2)cc1. The first kappa shape index (κ1) is 35.1. The molecule has 0 aliphatic carbocycles. The third-order valence-electron chi connectivity index (χ3n) is 7.32. The Hall–Kier alpha value is -5.78. The number of carbonyl (C=O) groups is 5. The first-order valence-electron chi connectivity index (χ1n) is 15.0. The Labute approximate surface area is 276 Å². The molecule has 1 saturated heterocycles. The summed E-state index contributed by atoms with van der Waals surface area (Å²) in [6.45, 7) is 4.72. The Morgan fingerprint density at radius 3 is 2.31 bits per heavy atom. The van der Waals surface area contributed by atoms with Crippen LogP contribution in [-0.4, -0.2) is 101 Å². The third-order valence-corrected chi connectivity index (χ3v) is 7.32. The van der Waals surface area contributed by atoms with Gasteiger partial charge in [-0.2, -0.15) is 10.2 Å². The highest BCUT2D eigenvalue weighted by molar-refractivity contribution is 5.99. The number of piperazine rings is 1. The van der Waals surface area contributed by atoms with Crippen LogP contribution < -0.4 is 10.1 Å². The van der Waals surface area contributed by atoms with Gasteiger partial charge in [-0.25, -0.2) is 0 Å². The van der Waals surface area contributed by atoms with Crippen LogP contribution in [0.5, 0.6) is 5.75 Å². The lowest BCUT2D eigenvalue weighted by molar-refractivity contribution is -0.164. The minimum Gasteiger partial charge on any atom is -0.497 e. The summed E-state index contributed by atoms with van der Waals surface area (Å²) in [6.07, 6.45) is -0.413. The molecule has 2 heterocycles. The molecule has 1 N–H and O–H groups in total. The molecule has 15 heteroatoms. The number of ether oxygens (including phenoxy) is 3. The van der Waals surface area contributed by atoms with Crippen molar-refractivity contribution in [3.05, 3.63) is 65.5 Å². The van der Waals surface area contributed by atoms with Crippen molar-refractivity contribution >= 4 is 29.7 Å². The van der Waals surface area contributed by atoms with Gasteiger partial charge in [-0.1, -0.05) is 29.4 Å². The number of hydrogen-bond donors (Lipinski definition) is 1. The van der Waals surface area contributed by atoms with Gasteiger partial charge in [-0.05, 0) is 50.6 Å². The molecule has 0 unspecified atom stereocenters. The summed E-state index contributed by atoms with van der Waals surface area (Å²) < 4.78 is 20.2. The summed E-state index contributed by atoms with van der Waals surface area (Å²) in [7, 11) is 2.69. The molecular weight excluding hydrogens is 624 g/mol. The standard InChI is InChI=1S/C33H36N6O9/c1-33(2,3)47-28(41)19-38-14-15-39(25(32(38)44)17-27(40)46-5)31(43)24(16-20-6-12-23(45-4)13-7-20)35-30(42)22-10-8-21(9-11-22)29-36-26(18-34)48-37-29/h6-13,24-25H,14-17,19H2,1-5H3,(H,35,42)/t24-,25-/m0/s1. The van der Waals surface area contributed by atoms with Gasteiger partial charge in [0.2, 0.25) is 17.6 Å². The summed E-state index contributed by atoms with van der Waals surface area (Å²) in [5.41, 5.74) is 0.621. The van der Waals surface area contributed by atoms with E-state index in [0.29, 0.717) is 16.9 Å². The second-order valence-corrected chi connectivity index (χ2v) is 11.9. The Kier molecular flexibility index (Phi) is 11.1. The van der Waals surface area contributed by atoms with E-state index >= 15 is 0 Å². The summed E-state index contributed by atoms with van der Waals surface area (Å²) in [5, 5.41) is 15.5. The minimum absolute atomic E-state index is 0.00421. The molecule has 0 bridgehead atoms. The van der Waals surface area contributed by atoms with Gasteiger partial charge < -0.3 is 33.9 Å². The van der Waals surface area contributed by atoms with Crippen LogP contribution in [0.4, 0.5) is 0 Å². The van der Waals surface area contributed by atoms with Gasteiger partial charge >= 0.3 is 17.8 Å². The van der Waals surface area contributed by atoms with Crippen LogP contribution in [0.3, 0.4) is 0 Å². The topological polar surface area (TPSA) is 194 Å². The van der Waals surface area contributed by atoms with Gasteiger partial charge in [-0.15, -0.1) is 0 Å². The van der Waals surface area contributed by atoms with E-state index < -0.39 is 53.8 Å². The molecule has 0 spiro atoms. The zero-order valence-electron chi connectivity index (χ0n) is 27.2. The number of carbonyl (C=O) groups excluding carboxylic acids is 5. The number of nitriles is 1. The fourth-order valence-corrected chi connectivity index (χ4v) is 5.02. The first-order chi connectivity index (χ1) is 22.8. The molecule has 1 fully saturated rings. The van der Waals surface area contributed by atoms with E-state index in [1.165, 1.54) is 36.2 Å². The van der Waals surface area contributed by atoms with Crippen LogP contribution >= 0.6 is 0 Å². The lowest BCUT2D eigenvalue weighted by atomic mass is 10.0. The molecule has 1 aromatic heterocycles. The lowest BCUT2D eigenvalue weighted by Gasteiger charge is -2.41. The highest BCUT2D eigenvalue weighted by Crippen LogP contribution is 2.21. The van der Waals surface area contributed by atoms with E-state index in [1.807, 2.05) is 0 Å². The van der Waals surface area contributed by atoms with Crippen molar-refractivity contribution in [3.8, 4) is 23.2 Å². The van der Waals surface area contributed by atoms with E-state index in [9.17, 15) is 24.0 Å². The third kappa shape index (κ3) is 8.93. The molecule has 1 aliphatic heterocycles. The second kappa shape index (κ2) is 15.2. The Balaban J connectivity index is 1.59. The number of esters is 2. The molecule has 0 radical (unpaired) electrons. The molecule has 1 aliphatic rings. The molecule has 2 atom stereocenters. The van der Waals surface area contributed by atoms with Crippen molar-refractivity contribution in [2.24, 2.45) is 0 Å². The molecule has 4 rings (SSSR count). The maximum absolute atomic E-state index is 14.2. The van der Waals surface area contributed by atoms with Crippen LogP contribution in [0.1, 0.15) is 49.0 Å². The fraction of sp³-hybridized carbons (Fsp3) is 0.394. The Morgan fingerprint density at radius 2 is 1.73 bits per heavy atom. The van der Waals surface area contributed by atoms with Crippen LogP contribution in [0, 0.1) is 11.3 Å². The molecule has 3 aromatic rings. The van der Waals surface area contributed by atoms with Gasteiger partial charge in [-0.3, -0.25) is 24.0 Å². The van der Waals surface area contributed by atoms with Crippen molar-refractivity contribution in [2.45, 2.75) is 51.3 Å². The summed E-state index contributed by atoms with van der Waals surface area (Å²) >= 11 is 0. The smallest absolute Gasteiger partial charge is 0.329 e. The highest BCUT2D eigenvalue weighted by Gasteiger charge is 2.42. The molecule has 3 amide bonds. The number of benzene rings is 2. The van der Waals surface area contributed by atoms with Crippen LogP contribution in [0.15, 0.2) is 53.1 Å². The Morgan fingerprint density at radius 1 is 1.04 bits per heavy atom. The second-order valence-electron chi connectivity index (χ2n) is 11.9. The van der Waals surface area contributed by atoms with Crippen molar-refractivity contribution in [3.63, 3.8) is 0 Å². The average molecular weight is 661 g/mol. The summed E-state index contributed by atoms with van der Waals surface area (Å²) in [6, 6.07) is 12.4. The zero-order chi connectivity index (χ0) is 35.0. The number of methoxy groups -OCH3 is 2. The maximum atomic E-state index is 14.2. The van der Waals surface area contributed by atoms with Crippen molar-refractivity contribution < 1.29 is 42.7 Å². The van der Waals surface area contributed by atoms with Gasteiger partial charge in [0, 0.05) is 30.6 Å². The maximum Gasteiger partial charge on any atom is 0.329 e. The van der Waals surface area contributed by atoms with Crippen molar-refractivity contribution in [2.75, 3.05) is 33.9 Å². The molecule has 48 heavy (non-hydrogen) atoms. The molecule has 252 valence electrons. The summed E-state index contributed by atoms with van der Waals surface area (Å²) in [4.78, 5) is 72.7. The van der Waals surface area contributed by atoms with E-state index in [-0.39, 0.29) is 43.3 Å². The molecular formula is C33H36N6O9. The van der Waals surface area contributed by atoms with E-state index in [2.05, 4.69) is 15.5 Å². The fourth-order valence-electron chi connectivity index (χ4n) is 5.02. The number of amides is 3. The number of hydrogen-bond acceptors (Lipinski definition) is 12. The summed E-state index contributed by atoms with van der Waals surface area (Å²) in [5.74, 6) is -2.63. The van der Waals surface area contributed by atoms with E-state index in [0.717, 1.165) is 0 Å². The minimum atomic E-state index is -1.29. The molecule has 15 nitrogen and oxygen atoms in total. The zero-order valence-corrected chi connectivity index (χ0v) is 27.2. The average Bonchev–Trinajstić information content (AvgIpc) is 3.55. The molecule has 2 aromatic carbocycles. The van der Waals surface area contributed by atoms with E-state index in [1.54, 1.807) is 63.2 Å². The van der Waals surface area contributed by atoms with E-state index in [4.69, 9.17) is 24.0 Å². The highest BCUT2D eigenvalue weighted by atomic mass is 16.6. The quantitative estimate of drug-likeness (QED) is 0.294. The first-order valence-corrected chi connectivity index (χ1v) is 15.0. The van der Waals surface area contributed by atoms with Gasteiger partial charge in [0.15, 0.2) is 6.07 Å². The Bertz CT molecular complexity index is 1690. The predicted octanol–water partition coefficient (Wildman–Crippen LogP) is 1.90. The monoisotopic (exact) mass is 660 g/mol. The number of aromatic nitrogens is 2. The normalized spacial score (nSPS) is 15.2. The van der Waals surface area contributed by atoms with Gasteiger partial charge in [0.1, 0.15) is 30.0 Å². The van der Waals surface area contributed by atoms with Crippen LogP contribution in [0.2, 0.25) is 0 Å². The van der Waals surface area contributed by atoms with Crippen molar-refractivity contribution in [1.82, 2.24) is 25.3 Å². The lowest BCUT2D eigenvalue weighted by Crippen LogP contribution is -2.63. The van der Waals surface area contributed by atoms with Gasteiger partial charge in [0.25, 0.3) is 5.91 Å². The number of rotatable bonds is 11. The van der Waals surface area contributed by atoms with Crippen molar-refractivity contribution in [1.29, 1.82) is 5.26 Å². The largest absolute Gasteiger partial charge is 0.497 e. The van der Waals surface area contributed by atoms with Crippen LogP contribution in [-0.2, 0) is 35.1 Å². The predicted molar refractivity (Wildman–Crippen MR) is 167 cm³/mol.